The first-order valence-electron chi connectivity index (χ1n) is 10.0. The van der Waals surface area contributed by atoms with Gasteiger partial charge in [-0.2, -0.15) is 0 Å². The van der Waals surface area contributed by atoms with Gasteiger partial charge in [0.2, 0.25) is 0 Å². The van der Waals surface area contributed by atoms with Gasteiger partial charge in [0.25, 0.3) is 0 Å². The summed E-state index contributed by atoms with van der Waals surface area (Å²) >= 11 is 0. The number of hydrogen-bond acceptors (Lipinski definition) is 7. The molecule has 3 rings (SSSR count). The summed E-state index contributed by atoms with van der Waals surface area (Å²) in [6, 6.07) is 13.2. The van der Waals surface area contributed by atoms with Crippen LogP contribution in [-0.2, 0) is 4.74 Å². The first-order valence-corrected chi connectivity index (χ1v) is 10.0. The number of carbonyl (C=O) groups excluding carboxylic acids is 1. The van der Waals surface area contributed by atoms with E-state index in [9.17, 15) is 9.90 Å². The van der Waals surface area contributed by atoms with Crippen LogP contribution in [0.3, 0.4) is 0 Å². The summed E-state index contributed by atoms with van der Waals surface area (Å²) in [5.74, 6) is 1.28. The highest BCUT2D eigenvalue weighted by Crippen LogP contribution is 2.34. The topological polar surface area (TPSA) is 77.5 Å². The fourth-order valence-electron chi connectivity index (χ4n) is 3.81. The second-order valence-electron chi connectivity index (χ2n) is 7.25. The molecule has 0 aromatic heterocycles. The van der Waals surface area contributed by atoms with E-state index < -0.39 is 12.1 Å². The maximum atomic E-state index is 11.7. The zero-order valence-corrected chi connectivity index (χ0v) is 17.7. The van der Waals surface area contributed by atoms with E-state index in [0.717, 1.165) is 25.1 Å². The summed E-state index contributed by atoms with van der Waals surface area (Å²) in [6.45, 7) is 1.55. The van der Waals surface area contributed by atoms with Crippen molar-refractivity contribution in [3.8, 4) is 17.2 Å². The third kappa shape index (κ3) is 5.23. The van der Waals surface area contributed by atoms with E-state index in [-0.39, 0.29) is 12.6 Å². The van der Waals surface area contributed by atoms with Crippen molar-refractivity contribution in [3.05, 3.63) is 53.6 Å². The van der Waals surface area contributed by atoms with Crippen LogP contribution in [0.15, 0.2) is 42.5 Å². The van der Waals surface area contributed by atoms with Gasteiger partial charge in [0.1, 0.15) is 18.5 Å². The Morgan fingerprint density at radius 2 is 1.97 bits per heavy atom. The fourth-order valence-corrected chi connectivity index (χ4v) is 3.81. The highest BCUT2D eigenvalue weighted by molar-refractivity contribution is 5.90. The number of likely N-dealkylation sites (tertiary alicyclic amines) is 1. The number of aliphatic hydroxyl groups is 1. The largest absolute Gasteiger partial charge is 0.497 e. The SMILES string of the molecule is COC(=O)c1ccc(OCC(O)CN2CCCC2c2cccc(OC)c2)c(OC)c1. The molecule has 0 aliphatic carbocycles. The number of hydrogen-bond donors (Lipinski definition) is 1. The average molecular weight is 415 g/mol. The summed E-state index contributed by atoms with van der Waals surface area (Å²) in [6.07, 6.45) is 1.46. The number of nitrogens with zero attached hydrogens (tertiary/aromatic N) is 1. The Morgan fingerprint density at radius 1 is 1.13 bits per heavy atom. The molecule has 0 amide bonds. The molecule has 7 heteroatoms. The van der Waals surface area contributed by atoms with Crippen molar-refractivity contribution in [1.82, 2.24) is 4.90 Å². The number of benzene rings is 2. The second kappa shape index (κ2) is 10.3. The number of rotatable bonds is 9. The third-order valence-corrected chi connectivity index (χ3v) is 5.30. The van der Waals surface area contributed by atoms with E-state index in [4.69, 9.17) is 18.9 Å². The maximum Gasteiger partial charge on any atom is 0.337 e. The van der Waals surface area contributed by atoms with E-state index >= 15 is 0 Å². The lowest BCUT2D eigenvalue weighted by molar-refractivity contribution is 0.0595. The molecule has 1 aliphatic rings. The molecule has 1 heterocycles. The van der Waals surface area contributed by atoms with Crippen LogP contribution < -0.4 is 14.2 Å². The molecule has 2 aromatic rings. The normalized spacial score (nSPS) is 17.4. The van der Waals surface area contributed by atoms with Crippen LogP contribution in [-0.4, -0.2) is 63.1 Å². The molecule has 1 fully saturated rings. The van der Waals surface area contributed by atoms with Gasteiger partial charge in [0.05, 0.1) is 26.9 Å². The first-order chi connectivity index (χ1) is 14.5. The van der Waals surface area contributed by atoms with Crippen molar-refractivity contribution < 1.29 is 28.8 Å². The third-order valence-electron chi connectivity index (χ3n) is 5.30. The molecular weight excluding hydrogens is 386 g/mol. The van der Waals surface area contributed by atoms with Crippen LogP contribution in [0.1, 0.15) is 34.8 Å². The van der Waals surface area contributed by atoms with Crippen LogP contribution in [0.25, 0.3) is 0 Å². The molecule has 1 saturated heterocycles. The van der Waals surface area contributed by atoms with E-state index in [1.807, 2.05) is 12.1 Å². The van der Waals surface area contributed by atoms with Crippen molar-refractivity contribution in [2.75, 3.05) is 41.0 Å². The highest BCUT2D eigenvalue weighted by Gasteiger charge is 2.28. The molecule has 1 N–H and O–H groups in total. The average Bonchev–Trinajstić information content (AvgIpc) is 3.25. The monoisotopic (exact) mass is 415 g/mol. The summed E-state index contributed by atoms with van der Waals surface area (Å²) in [5, 5.41) is 10.6. The van der Waals surface area contributed by atoms with E-state index in [2.05, 4.69) is 17.0 Å². The minimum absolute atomic E-state index is 0.120. The van der Waals surface area contributed by atoms with Gasteiger partial charge in [0.15, 0.2) is 11.5 Å². The van der Waals surface area contributed by atoms with Crippen LogP contribution in [0.2, 0.25) is 0 Å². The minimum atomic E-state index is -0.666. The quantitative estimate of drug-likeness (QED) is 0.631. The number of aliphatic hydroxyl groups excluding tert-OH is 1. The predicted molar refractivity (Wildman–Crippen MR) is 112 cm³/mol. The highest BCUT2D eigenvalue weighted by atomic mass is 16.5. The van der Waals surface area contributed by atoms with Gasteiger partial charge >= 0.3 is 5.97 Å². The van der Waals surface area contributed by atoms with Gasteiger partial charge in [-0.05, 0) is 55.3 Å². The lowest BCUT2D eigenvalue weighted by Gasteiger charge is -2.27. The Bertz CT molecular complexity index is 855. The smallest absolute Gasteiger partial charge is 0.337 e. The number of esters is 1. The van der Waals surface area contributed by atoms with Crippen molar-refractivity contribution >= 4 is 5.97 Å². The van der Waals surface area contributed by atoms with Crippen LogP contribution in [0.5, 0.6) is 17.2 Å². The van der Waals surface area contributed by atoms with Gasteiger partial charge < -0.3 is 24.1 Å². The van der Waals surface area contributed by atoms with Crippen LogP contribution in [0.4, 0.5) is 0 Å². The van der Waals surface area contributed by atoms with Crippen molar-refractivity contribution in [2.45, 2.75) is 25.0 Å². The molecule has 162 valence electrons. The first kappa shape index (κ1) is 21.9. The molecule has 0 radical (unpaired) electrons. The Hall–Kier alpha value is -2.77. The molecule has 1 aliphatic heterocycles. The molecule has 30 heavy (non-hydrogen) atoms. The molecule has 2 atom stereocenters. The van der Waals surface area contributed by atoms with Crippen molar-refractivity contribution in [2.24, 2.45) is 0 Å². The van der Waals surface area contributed by atoms with Gasteiger partial charge in [-0.1, -0.05) is 12.1 Å². The van der Waals surface area contributed by atoms with E-state index in [1.165, 1.54) is 19.8 Å². The number of ether oxygens (including phenoxy) is 4. The molecule has 0 spiro atoms. The summed E-state index contributed by atoms with van der Waals surface area (Å²) in [4.78, 5) is 13.9. The summed E-state index contributed by atoms with van der Waals surface area (Å²) in [5.41, 5.74) is 1.57. The lowest BCUT2D eigenvalue weighted by Crippen LogP contribution is -2.35. The molecular formula is C23H29NO6. The predicted octanol–water partition coefficient (Wildman–Crippen LogP) is 3.07. The molecule has 0 bridgehead atoms. The Morgan fingerprint density at radius 3 is 2.70 bits per heavy atom. The van der Waals surface area contributed by atoms with Crippen molar-refractivity contribution in [3.63, 3.8) is 0 Å². The number of carbonyl (C=O) groups is 1. The number of methoxy groups -OCH3 is 3. The maximum absolute atomic E-state index is 11.7. The lowest BCUT2D eigenvalue weighted by atomic mass is 10.0. The van der Waals surface area contributed by atoms with Gasteiger partial charge in [-0.15, -0.1) is 0 Å². The van der Waals surface area contributed by atoms with Gasteiger partial charge in [0, 0.05) is 12.6 Å². The van der Waals surface area contributed by atoms with E-state index in [1.54, 1.807) is 25.3 Å². The van der Waals surface area contributed by atoms with Gasteiger partial charge in [-0.25, -0.2) is 4.79 Å². The Balaban J connectivity index is 1.60. The molecule has 2 aromatic carbocycles. The zero-order valence-electron chi connectivity index (χ0n) is 17.7. The fraction of sp³-hybridized carbons (Fsp3) is 0.435. The molecule has 0 saturated carbocycles. The second-order valence-corrected chi connectivity index (χ2v) is 7.25. The Kier molecular flexibility index (Phi) is 7.54. The van der Waals surface area contributed by atoms with Crippen LogP contribution >= 0.6 is 0 Å². The van der Waals surface area contributed by atoms with E-state index in [0.29, 0.717) is 23.6 Å². The van der Waals surface area contributed by atoms with Crippen molar-refractivity contribution in [1.29, 1.82) is 0 Å². The standard InChI is InChI=1S/C23H29NO6/c1-27-19-7-4-6-16(12-19)20-8-5-11-24(20)14-18(25)15-30-21-10-9-17(23(26)29-3)13-22(21)28-2/h4,6-7,9-10,12-13,18,20,25H,5,8,11,14-15H2,1-3H3. The number of β-amino-alcohol motifs (C(OH)–C–C–N with tert-alkyl or cyclic N) is 1. The minimum Gasteiger partial charge on any atom is -0.497 e. The molecule has 2 unspecified atom stereocenters. The summed E-state index contributed by atoms with van der Waals surface area (Å²) in [7, 11) is 4.49. The zero-order chi connectivity index (χ0) is 21.5. The van der Waals surface area contributed by atoms with Gasteiger partial charge in [-0.3, -0.25) is 4.90 Å². The summed E-state index contributed by atoms with van der Waals surface area (Å²) < 4.78 is 21.1. The Labute approximate surface area is 177 Å². The van der Waals surface area contributed by atoms with Crippen LogP contribution in [0, 0.1) is 0 Å². The molecule has 7 nitrogen and oxygen atoms in total.